The summed E-state index contributed by atoms with van der Waals surface area (Å²) in [6.45, 7) is 2.19. The van der Waals surface area contributed by atoms with Crippen molar-refractivity contribution in [2.24, 2.45) is 0 Å². The number of nitrogens with one attached hydrogen (secondary N) is 1. The average molecular weight is 550 g/mol. The van der Waals surface area contributed by atoms with Gasteiger partial charge in [0.1, 0.15) is 35.2 Å². The zero-order chi connectivity index (χ0) is 28.2. The fraction of sp³-hybridized carbons (Fsp3) is 0.212. The number of aryl methyl sites for hydroxylation is 1. The molecule has 1 N–H and O–H groups in total. The molecule has 8 heteroatoms. The van der Waals surface area contributed by atoms with Gasteiger partial charge in [0.25, 0.3) is 5.91 Å². The van der Waals surface area contributed by atoms with Crippen LogP contribution >= 0.6 is 0 Å². The molecule has 5 aromatic rings. The second kappa shape index (κ2) is 11.6. The molecular formula is C33H31N3O5. The van der Waals surface area contributed by atoms with E-state index >= 15 is 0 Å². The maximum Gasteiger partial charge on any atom is 0.263 e. The molecule has 0 radical (unpaired) electrons. The van der Waals surface area contributed by atoms with E-state index in [9.17, 15) is 4.79 Å². The third-order valence-corrected chi connectivity index (χ3v) is 7.11. The van der Waals surface area contributed by atoms with Gasteiger partial charge in [-0.25, -0.2) is 4.52 Å². The Labute approximate surface area is 238 Å². The Bertz CT molecular complexity index is 1660. The van der Waals surface area contributed by atoms with Gasteiger partial charge >= 0.3 is 0 Å². The second-order valence-corrected chi connectivity index (χ2v) is 10.0. The molecule has 1 aliphatic rings. The Morgan fingerprint density at radius 2 is 1.73 bits per heavy atom. The first-order chi connectivity index (χ1) is 20.1. The number of ether oxygens (including phenoxy) is 4. The van der Waals surface area contributed by atoms with Crippen LogP contribution in [0.2, 0.25) is 0 Å². The van der Waals surface area contributed by atoms with Crippen LogP contribution in [0.4, 0.5) is 5.69 Å². The number of fused-ring (bicyclic) bond motifs is 1. The van der Waals surface area contributed by atoms with Crippen molar-refractivity contribution in [1.82, 2.24) is 9.61 Å². The van der Waals surface area contributed by atoms with E-state index in [1.165, 1.54) is 0 Å². The van der Waals surface area contributed by atoms with Crippen LogP contribution in [0.5, 0.6) is 28.9 Å². The highest BCUT2D eigenvalue weighted by Crippen LogP contribution is 2.38. The van der Waals surface area contributed by atoms with Crippen LogP contribution in [0.15, 0.2) is 91.1 Å². The van der Waals surface area contributed by atoms with E-state index in [0.717, 1.165) is 41.9 Å². The lowest BCUT2D eigenvalue weighted by Crippen LogP contribution is -2.25. The van der Waals surface area contributed by atoms with Gasteiger partial charge in [-0.05, 0) is 79.8 Å². The molecule has 0 saturated heterocycles. The van der Waals surface area contributed by atoms with E-state index in [0.29, 0.717) is 28.3 Å². The average Bonchev–Trinajstić information content (AvgIpc) is 3.35. The van der Waals surface area contributed by atoms with Crippen LogP contribution < -0.4 is 24.3 Å². The zero-order valence-corrected chi connectivity index (χ0v) is 23.0. The van der Waals surface area contributed by atoms with Gasteiger partial charge in [0.05, 0.1) is 24.4 Å². The molecule has 0 spiro atoms. The van der Waals surface area contributed by atoms with Crippen LogP contribution in [0.3, 0.4) is 0 Å². The van der Waals surface area contributed by atoms with Crippen molar-refractivity contribution in [1.29, 1.82) is 0 Å². The van der Waals surface area contributed by atoms with Crippen LogP contribution in [-0.2, 0) is 6.61 Å². The van der Waals surface area contributed by atoms with Gasteiger partial charge in [-0.15, -0.1) is 5.10 Å². The van der Waals surface area contributed by atoms with Crippen LogP contribution in [0, 0.1) is 6.92 Å². The van der Waals surface area contributed by atoms with Crippen molar-refractivity contribution in [2.45, 2.75) is 38.9 Å². The van der Waals surface area contributed by atoms with Crippen molar-refractivity contribution in [3.05, 3.63) is 108 Å². The topological polar surface area (TPSA) is 83.3 Å². The second-order valence-electron chi connectivity index (χ2n) is 10.0. The molecule has 2 heterocycles. The third-order valence-electron chi connectivity index (χ3n) is 7.11. The van der Waals surface area contributed by atoms with E-state index in [1.54, 1.807) is 17.8 Å². The first-order valence-corrected chi connectivity index (χ1v) is 13.7. The highest BCUT2D eigenvalue weighted by Gasteiger charge is 2.25. The molecule has 2 aromatic heterocycles. The molecule has 0 unspecified atom stereocenters. The molecule has 8 nitrogen and oxygen atoms in total. The standard InChI is InChI=1S/C33H31N3O5/c1-22-19-27(30(41-26-11-8-12-26)20-29(22)40-25-9-4-3-5-10-25)34-32(37)31-28-13-6-7-18-36(28)35-33(31)39-21-23-14-16-24(38-2)17-15-23/h3-7,9-10,13-20,26H,8,11-12,21H2,1-2H3,(H,34,37). The summed E-state index contributed by atoms with van der Waals surface area (Å²) in [5, 5.41) is 7.63. The Kier molecular flexibility index (Phi) is 7.45. The normalized spacial score (nSPS) is 12.9. The highest BCUT2D eigenvalue weighted by molar-refractivity contribution is 6.11. The maximum atomic E-state index is 13.9. The number of nitrogens with zero attached hydrogens (tertiary/aromatic N) is 2. The van der Waals surface area contributed by atoms with Gasteiger partial charge in [0.2, 0.25) is 5.88 Å². The summed E-state index contributed by atoms with van der Waals surface area (Å²) in [6.07, 6.45) is 4.99. The number of para-hydroxylation sites is 1. The largest absolute Gasteiger partial charge is 0.497 e. The van der Waals surface area contributed by atoms with E-state index in [4.69, 9.17) is 18.9 Å². The quantitative estimate of drug-likeness (QED) is 0.198. The number of hydrogen-bond acceptors (Lipinski definition) is 6. The first-order valence-electron chi connectivity index (χ1n) is 13.7. The lowest BCUT2D eigenvalue weighted by Gasteiger charge is -2.28. The third kappa shape index (κ3) is 5.82. The fourth-order valence-electron chi connectivity index (χ4n) is 4.61. The van der Waals surface area contributed by atoms with Crippen molar-refractivity contribution < 1.29 is 23.7 Å². The Balaban J connectivity index is 1.29. The lowest BCUT2D eigenvalue weighted by atomic mass is 9.96. The maximum absolute atomic E-state index is 13.9. The molecule has 3 aromatic carbocycles. The summed E-state index contributed by atoms with van der Waals surface area (Å²) in [7, 11) is 1.63. The van der Waals surface area contributed by atoms with Crippen molar-refractivity contribution >= 4 is 17.1 Å². The van der Waals surface area contributed by atoms with Gasteiger partial charge in [-0.3, -0.25) is 4.79 Å². The molecule has 208 valence electrons. The van der Waals surface area contributed by atoms with Crippen LogP contribution in [0.25, 0.3) is 5.52 Å². The SMILES string of the molecule is COc1ccc(COc2nn3ccccc3c2C(=O)Nc2cc(C)c(Oc3ccccc3)cc2OC2CCC2)cc1. The molecule has 0 aliphatic heterocycles. The number of amides is 1. The van der Waals surface area contributed by atoms with Crippen molar-refractivity contribution in [2.75, 3.05) is 12.4 Å². The summed E-state index contributed by atoms with van der Waals surface area (Å²) in [5.74, 6) is 2.63. The molecular weight excluding hydrogens is 518 g/mol. The molecule has 0 atom stereocenters. The van der Waals surface area contributed by atoms with Crippen molar-refractivity contribution in [3.8, 4) is 28.9 Å². The van der Waals surface area contributed by atoms with Crippen molar-refractivity contribution in [3.63, 3.8) is 0 Å². The Hall–Kier alpha value is -4.98. The lowest BCUT2D eigenvalue weighted by molar-refractivity contribution is 0.101. The predicted octanol–water partition coefficient (Wildman–Crippen LogP) is 7.21. The highest BCUT2D eigenvalue weighted by atomic mass is 16.5. The number of rotatable bonds is 10. The van der Waals surface area contributed by atoms with Gasteiger partial charge in [0, 0.05) is 12.3 Å². The number of anilines is 1. The molecule has 0 bridgehead atoms. The van der Waals surface area contributed by atoms with Gasteiger partial charge in [0.15, 0.2) is 0 Å². The number of carbonyl (C=O) groups is 1. The zero-order valence-electron chi connectivity index (χ0n) is 23.0. The minimum Gasteiger partial charge on any atom is -0.497 e. The monoisotopic (exact) mass is 549 g/mol. The molecule has 1 amide bonds. The summed E-state index contributed by atoms with van der Waals surface area (Å²) in [6, 6.07) is 26.5. The number of benzene rings is 3. The fourth-order valence-corrected chi connectivity index (χ4v) is 4.61. The summed E-state index contributed by atoms with van der Waals surface area (Å²) >= 11 is 0. The smallest absolute Gasteiger partial charge is 0.263 e. The first kappa shape index (κ1) is 26.3. The summed E-state index contributed by atoms with van der Waals surface area (Å²) in [4.78, 5) is 13.9. The van der Waals surface area contributed by atoms with E-state index in [-0.39, 0.29) is 24.5 Å². The van der Waals surface area contributed by atoms with Gasteiger partial charge in [-0.1, -0.05) is 36.4 Å². The van der Waals surface area contributed by atoms with Crippen LogP contribution in [0.1, 0.15) is 40.7 Å². The van der Waals surface area contributed by atoms with Gasteiger partial charge < -0.3 is 24.3 Å². The van der Waals surface area contributed by atoms with Crippen LogP contribution in [-0.4, -0.2) is 28.7 Å². The molecule has 6 rings (SSSR count). The van der Waals surface area contributed by atoms with E-state index in [2.05, 4.69) is 10.4 Å². The Morgan fingerprint density at radius 3 is 2.46 bits per heavy atom. The van der Waals surface area contributed by atoms with E-state index in [1.807, 2.05) is 91.9 Å². The molecule has 41 heavy (non-hydrogen) atoms. The minimum atomic E-state index is -0.342. The molecule has 1 saturated carbocycles. The summed E-state index contributed by atoms with van der Waals surface area (Å²) < 4.78 is 25.4. The van der Waals surface area contributed by atoms with E-state index < -0.39 is 0 Å². The summed E-state index contributed by atoms with van der Waals surface area (Å²) in [5.41, 5.74) is 3.33. The van der Waals surface area contributed by atoms with Gasteiger partial charge in [-0.2, -0.15) is 0 Å². The predicted molar refractivity (Wildman–Crippen MR) is 156 cm³/mol. The number of methoxy groups -OCH3 is 1. The Morgan fingerprint density at radius 1 is 0.951 bits per heavy atom. The minimum absolute atomic E-state index is 0.110. The molecule has 1 fully saturated rings. The number of aromatic nitrogens is 2. The number of carbonyl (C=O) groups excluding carboxylic acids is 1. The number of pyridine rings is 1. The molecule has 1 aliphatic carbocycles. The number of hydrogen-bond donors (Lipinski definition) is 1.